The van der Waals surface area contributed by atoms with Gasteiger partial charge in [-0.2, -0.15) is 4.68 Å². The second-order valence-electron chi connectivity index (χ2n) is 6.74. The molecule has 0 amide bonds. The molecule has 0 unspecified atom stereocenters. The van der Waals surface area contributed by atoms with E-state index in [9.17, 15) is 29.8 Å². The molecule has 33 heavy (non-hydrogen) atoms. The zero-order valence-electron chi connectivity index (χ0n) is 16.7. The van der Waals surface area contributed by atoms with Crippen molar-refractivity contribution in [2.24, 2.45) is 0 Å². The van der Waals surface area contributed by atoms with Crippen LogP contribution >= 0.6 is 0 Å². The van der Waals surface area contributed by atoms with Crippen molar-refractivity contribution in [3.63, 3.8) is 0 Å². The molecule has 2 heterocycles. The molecule has 0 saturated heterocycles. The first kappa shape index (κ1) is 21.2. The molecule has 3 aromatic rings. The van der Waals surface area contributed by atoms with Crippen LogP contribution in [0.4, 0.5) is 17.3 Å². The summed E-state index contributed by atoms with van der Waals surface area (Å²) in [5.41, 5.74) is -0.957. The number of ether oxygens (including phenoxy) is 1. The minimum absolute atomic E-state index is 0.0116. The smallest absolute Gasteiger partial charge is 0.355 e. The molecular weight excluding hydrogens is 438 g/mol. The molecule has 0 radical (unpaired) electrons. The molecule has 14 nitrogen and oxygen atoms in total. The Kier molecular flexibility index (Phi) is 5.31. The van der Waals surface area contributed by atoms with Crippen LogP contribution in [-0.4, -0.2) is 48.9 Å². The van der Waals surface area contributed by atoms with Gasteiger partial charge >= 0.3 is 5.97 Å². The number of nitrogens with one attached hydrogen (secondary N) is 1. The standard InChI is InChI=1S/C19H13N7O7/c1-33-18(28)15-14(17(27)11-5-3-7-13(9-11)26(31)32)16(24-19(20-15)21-22-23-24)10-4-2-6-12(8-10)25(29)30/h2-9,16H,1H3,(H,20,21,23)/t16-/m0/s1. The average Bonchev–Trinajstić information content (AvgIpc) is 3.30. The van der Waals surface area contributed by atoms with Crippen molar-refractivity contribution in [3.8, 4) is 0 Å². The van der Waals surface area contributed by atoms with Gasteiger partial charge in [0.15, 0.2) is 5.78 Å². The third kappa shape index (κ3) is 3.76. The third-order valence-electron chi connectivity index (χ3n) is 4.87. The molecule has 1 aromatic heterocycles. The highest BCUT2D eigenvalue weighted by Gasteiger charge is 2.39. The zero-order chi connectivity index (χ0) is 23.7. The highest BCUT2D eigenvalue weighted by Crippen LogP contribution is 2.37. The molecule has 0 aliphatic carbocycles. The van der Waals surface area contributed by atoms with Crippen molar-refractivity contribution < 1.29 is 24.2 Å². The van der Waals surface area contributed by atoms with E-state index < -0.39 is 27.6 Å². The number of hydrogen-bond donors (Lipinski definition) is 1. The fraction of sp³-hybridized carbons (Fsp3) is 0.105. The van der Waals surface area contributed by atoms with Gasteiger partial charge in [-0.05, 0) is 16.0 Å². The minimum Gasteiger partial charge on any atom is -0.464 e. The van der Waals surface area contributed by atoms with Crippen LogP contribution in [0.5, 0.6) is 0 Å². The van der Waals surface area contributed by atoms with Gasteiger partial charge in [-0.3, -0.25) is 25.0 Å². The summed E-state index contributed by atoms with van der Waals surface area (Å²) in [6, 6.07) is 9.16. The lowest BCUT2D eigenvalue weighted by Gasteiger charge is -2.28. The molecule has 1 N–H and O–H groups in total. The van der Waals surface area contributed by atoms with Crippen molar-refractivity contribution >= 4 is 29.1 Å². The molecule has 1 atom stereocenters. The second-order valence-corrected chi connectivity index (χ2v) is 6.74. The van der Waals surface area contributed by atoms with Crippen LogP contribution in [0.15, 0.2) is 59.8 Å². The predicted molar refractivity (Wildman–Crippen MR) is 109 cm³/mol. The van der Waals surface area contributed by atoms with Gasteiger partial charge in [-0.1, -0.05) is 29.4 Å². The van der Waals surface area contributed by atoms with E-state index in [0.717, 1.165) is 13.2 Å². The van der Waals surface area contributed by atoms with E-state index in [1.54, 1.807) is 0 Å². The Bertz CT molecular complexity index is 1350. The Hall–Kier alpha value is -5.01. The Morgan fingerprint density at radius 2 is 1.73 bits per heavy atom. The lowest BCUT2D eigenvalue weighted by Crippen LogP contribution is -2.33. The van der Waals surface area contributed by atoms with Crippen LogP contribution < -0.4 is 5.32 Å². The second kappa shape index (κ2) is 8.26. The number of benzene rings is 2. The fourth-order valence-corrected chi connectivity index (χ4v) is 3.42. The number of methoxy groups -OCH3 is 1. The van der Waals surface area contributed by atoms with Crippen LogP contribution in [0.2, 0.25) is 0 Å². The summed E-state index contributed by atoms with van der Waals surface area (Å²) in [7, 11) is 1.10. The molecule has 0 bridgehead atoms. The highest BCUT2D eigenvalue weighted by atomic mass is 16.6. The number of carbonyl (C=O) groups excluding carboxylic acids is 2. The van der Waals surface area contributed by atoms with E-state index >= 15 is 0 Å². The van der Waals surface area contributed by atoms with Gasteiger partial charge in [0.25, 0.3) is 11.4 Å². The van der Waals surface area contributed by atoms with E-state index in [0.29, 0.717) is 0 Å². The number of anilines is 1. The molecule has 0 saturated carbocycles. The van der Waals surface area contributed by atoms with Gasteiger partial charge in [-0.25, -0.2) is 4.79 Å². The number of ketones is 1. The van der Waals surface area contributed by atoms with E-state index in [1.165, 1.54) is 47.1 Å². The number of nitro benzene ring substituents is 2. The summed E-state index contributed by atoms with van der Waals surface area (Å²) in [5, 5.41) is 36.3. The van der Waals surface area contributed by atoms with Crippen molar-refractivity contribution in [3.05, 3.63) is 91.2 Å². The molecule has 4 rings (SSSR count). The minimum atomic E-state index is -1.17. The molecule has 1 aliphatic rings. The number of tetrazole rings is 1. The summed E-state index contributed by atoms with van der Waals surface area (Å²) in [6.45, 7) is 0. The number of non-ortho nitro benzene ring substituents is 2. The number of aromatic nitrogens is 4. The first-order chi connectivity index (χ1) is 15.8. The van der Waals surface area contributed by atoms with Gasteiger partial charge < -0.3 is 10.1 Å². The number of rotatable bonds is 6. The van der Waals surface area contributed by atoms with Crippen LogP contribution in [0.1, 0.15) is 22.0 Å². The molecular formula is C19H13N7O7. The van der Waals surface area contributed by atoms with Crippen LogP contribution in [0.3, 0.4) is 0 Å². The SMILES string of the molecule is COC(=O)C1=C(C(=O)c2cccc([N+](=O)[O-])c2)[C@H](c2cccc([N+](=O)[O-])c2)n2nnnc2N1. The molecule has 1 aliphatic heterocycles. The number of esters is 1. The largest absolute Gasteiger partial charge is 0.464 e. The maximum Gasteiger partial charge on any atom is 0.355 e. The maximum atomic E-state index is 13.6. The van der Waals surface area contributed by atoms with Gasteiger partial charge in [0, 0.05) is 29.8 Å². The Morgan fingerprint density at radius 3 is 2.39 bits per heavy atom. The van der Waals surface area contributed by atoms with Crippen molar-refractivity contribution in [1.82, 2.24) is 20.2 Å². The molecule has 166 valence electrons. The summed E-state index contributed by atoms with van der Waals surface area (Å²) in [6.07, 6.45) is 0. The third-order valence-corrected chi connectivity index (χ3v) is 4.87. The van der Waals surface area contributed by atoms with Crippen LogP contribution in [0.25, 0.3) is 0 Å². The first-order valence-electron chi connectivity index (χ1n) is 9.22. The van der Waals surface area contributed by atoms with Gasteiger partial charge in [0.2, 0.25) is 5.95 Å². The summed E-state index contributed by atoms with van der Waals surface area (Å²) in [4.78, 5) is 47.4. The summed E-state index contributed by atoms with van der Waals surface area (Å²) < 4.78 is 5.98. The van der Waals surface area contributed by atoms with Gasteiger partial charge in [0.1, 0.15) is 11.7 Å². The van der Waals surface area contributed by atoms with Crippen LogP contribution in [0, 0.1) is 20.2 Å². The van der Waals surface area contributed by atoms with Gasteiger partial charge in [-0.15, -0.1) is 0 Å². The summed E-state index contributed by atoms with van der Waals surface area (Å²) in [5.74, 6) is -1.69. The summed E-state index contributed by atoms with van der Waals surface area (Å²) >= 11 is 0. The van der Waals surface area contributed by atoms with E-state index in [2.05, 4.69) is 20.8 Å². The Balaban J connectivity index is 1.96. The van der Waals surface area contributed by atoms with E-state index in [1.807, 2.05) is 0 Å². The number of hydrogen-bond acceptors (Lipinski definition) is 11. The average molecular weight is 451 g/mol. The van der Waals surface area contributed by atoms with Gasteiger partial charge in [0.05, 0.1) is 22.5 Å². The van der Waals surface area contributed by atoms with E-state index in [4.69, 9.17) is 4.74 Å². The molecule has 0 spiro atoms. The number of fused-ring (bicyclic) bond motifs is 1. The Labute approximate surface area is 183 Å². The topological polar surface area (TPSA) is 185 Å². The lowest BCUT2D eigenvalue weighted by atomic mass is 9.89. The monoisotopic (exact) mass is 451 g/mol. The maximum absolute atomic E-state index is 13.6. The quantitative estimate of drug-likeness (QED) is 0.249. The van der Waals surface area contributed by atoms with Crippen molar-refractivity contribution in [2.75, 3.05) is 12.4 Å². The number of allylic oxidation sites excluding steroid dienone is 1. The number of Topliss-reactive ketones (excluding diaryl/α,β-unsaturated/α-hetero) is 1. The van der Waals surface area contributed by atoms with E-state index in [-0.39, 0.29) is 39.7 Å². The number of carbonyl (C=O) groups is 2. The Morgan fingerprint density at radius 1 is 1.06 bits per heavy atom. The van der Waals surface area contributed by atoms with Crippen molar-refractivity contribution in [1.29, 1.82) is 0 Å². The number of nitrogens with zero attached hydrogens (tertiary/aromatic N) is 6. The first-order valence-corrected chi connectivity index (χ1v) is 9.22. The lowest BCUT2D eigenvalue weighted by molar-refractivity contribution is -0.385. The highest BCUT2D eigenvalue weighted by molar-refractivity contribution is 6.15. The predicted octanol–water partition coefficient (Wildman–Crippen LogP) is 1.81. The molecule has 2 aromatic carbocycles. The van der Waals surface area contributed by atoms with Crippen LogP contribution in [-0.2, 0) is 9.53 Å². The molecule has 0 fully saturated rings. The normalized spacial score (nSPS) is 14.8. The fourth-order valence-electron chi connectivity index (χ4n) is 3.42. The molecule has 14 heteroatoms. The van der Waals surface area contributed by atoms with Crippen molar-refractivity contribution in [2.45, 2.75) is 6.04 Å². The number of nitro groups is 2. The zero-order valence-corrected chi connectivity index (χ0v) is 16.7.